The van der Waals surface area contributed by atoms with Gasteiger partial charge in [0.25, 0.3) is 0 Å². The lowest BCUT2D eigenvalue weighted by atomic mass is 9.77. The summed E-state index contributed by atoms with van der Waals surface area (Å²) in [7, 11) is 0. The minimum absolute atomic E-state index is 0.0341. The van der Waals surface area contributed by atoms with E-state index in [9.17, 15) is 52.7 Å². The van der Waals surface area contributed by atoms with Crippen LogP contribution in [0.1, 0.15) is 44.5 Å². The molecule has 0 saturated heterocycles. The zero-order valence-electron chi connectivity index (χ0n) is 31.9. The fraction of sp³-hybridized carbons (Fsp3) is 0.0800. The molecule has 314 valence electrons. The SMILES string of the molecule is FC(F)(F)c1cc(/C=C/c2c(-c3ccccc3)c(-c3ccccc3)c(/C=C/c3cc(C(F)(F)F)cc(C(F)(F)F)c3)c(-c3ccccc3)c2-c2ccccc2)cc(C(F)(F)F)c1. The molecule has 0 aliphatic rings. The maximum atomic E-state index is 14.0. The van der Waals surface area contributed by atoms with Crippen LogP contribution in [0.4, 0.5) is 52.7 Å². The van der Waals surface area contributed by atoms with Gasteiger partial charge in [-0.1, -0.05) is 146 Å². The quantitative estimate of drug-likeness (QED) is 0.105. The first-order valence-electron chi connectivity index (χ1n) is 18.7. The summed E-state index contributed by atoms with van der Waals surface area (Å²) in [6.07, 6.45) is -15.3. The molecule has 0 saturated carbocycles. The van der Waals surface area contributed by atoms with E-state index in [1.54, 1.807) is 121 Å². The standard InChI is InChI=1S/C50H30F12/c51-47(52,53)37-25-31(26-38(29-37)48(54,55)56)21-23-41-43(33-13-5-1-6-14-33)44(34-15-7-2-8-16-34)42(24-22-32-27-39(49(57,58)59)30-40(28-32)50(60,61)62)46(36-19-11-4-12-20-36)45(41)35-17-9-3-10-18-35/h1-30H/b23-21+,24-22+. The number of hydrogen-bond acceptors (Lipinski definition) is 0. The second-order valence-corrected chi connectivity index (χ2v) is 14.1. The van der Waals surface area contributed by atoms with Crippen molar-refractivity contribution in [3.8, 4) is 44.5 Å². The highest BCUT2D eigenvalue weighted by Crippen LogP contribution is 2.51. The highest BCUT2D eigenvalue weighted by atomic mass is 19.4. The molecule has 0 amide bonds. The molecule has 0 heterocycles. The van der Waals surface area contributed by atoms with E-state index in [4.69, 9.17) is 0 Å². The van der Waals surface area contributed by atoms with Crippen molar-refractivity contribution in [2.24, 2.45) is 0 Å². The third-order valence-electron chi connectivity index (χ3n) is 9.93. The minimum atomic E-state index is -5.12. The molecule has 0 fully saturated rings. The van der Waals surface area contributed by atoms with Gasteiger partial charge in [0.05, 0.1) is 22.3 Å². The van der Waals surface area contributed by atoms with Gasteiger partial charge in [0.1, 0.15) is 0 Å². The highest BCUT2D eigenvalue weighted by Gasteiger charge is 2.38. The molecule has 0 bridgehead atoms. The maximum Gasteiger partial charge on any atom is 0.416 e. The Hall–Kier alpha value is -6.82. The van der Waals surface area contributed by atoms with Crippen LogP contribution in [0.25, 0.3) is 68.8 Å². The normalized spacial score (nSPS) is 12.7. The summed E-state index contributed by atoms with van der Waals surface area (Å²) in [4.78, 5) is 0. The Labute approximate surface area is 347 Å². The molecule has 0 N–H and O–H groups in total. The Morgan fingerprint density at radius 2 is 0.468 bits per heavy atom. The van der Waals surface area contributed by atoms with Crippen LogP contribution in [0, 0.1) is 0 Å². The van der Waals surface area contributed by atoms with Gasteiger partial charge in [-0.2, -0.15) is 52.7 Å². The predicted molar refractivity (Wildman–Crippen MR) is 219 cm³/mol. The third-order valence-corrected chi connectivity index (χ3v) is 9.93. The van der Waals surface area contributed by atoms with E-state index in [2.05, 4.69) is 0 Å². The first-order chi connectivity index (χ1) is 29.3. The summed E-state index contributed by atoms with van der Waals surface area (Å²) in [5.74, 6) is 0. The van der Waals surface area contributed by atoms with Crippen LogP contribution in [-0.2, 0) is 24.7 Å². The van der Waals surface area contributed by atoms with Crippen molar-refractivity contribution in [2.45, 2.75) is 24.7 Å². The van der Waals surface area contributed by atoms with Gasteiger partial charge in [0.15, 0.2) is 0 Å². The molecule has 0 radical (unpaired) electrons. The topological polar surface area (TPSA) is 0 Å². The summed E-state index contributed by atoms with van der Waals surface area (Å²) >= 11 is 0. The first kappa shape index (κ1) is 43.3. The zero-order chi connectivity index (χ0) is 44.5. The zero-order valence-corrected chi connectivity index (χ0v) is 31.9. The molecule has 0 aliphatic heterocycles. The van der Waals surface area contributed by atoms with Crippen LogP contribution < -0.4 is 0 Å². The van der Waals surface area contributed by atoms with Crippen LogP contribution in [0.2, 0.25) is 0 Å². The van der Waals surface area contributed by atoms with Crippen molar-refractivity contribution in [1.29, 1.82) is 0 Å². The molecular weight excluding hydrogens is 829 g/mol. The highest BCUT2D eigenvalue weighted by molar-refractivity contribution is 6.09. The van der Waals surface area contributed by atoms with E-state index in [1.807, 2.05) is 0 Å². The minimum Gasteiger partial charge on any atom is -0.166 e. The van der Waals surface area contributed by atoms with Crippen LogP contribution >= 0.6 is 0 Å². The number of alkyl halides is 12. The van der Waals surface area contributed by atoms with Gasteiger partial charge in [0, 0.05) is 0 Å². The summed E-state index contributed by atoms with van der Waals surface area (Å²) in [6.45, 7) is 0. The van der Waals surface area contributed by atoms with Crippen LogP contribution in [0.3, 0.4) is 0 Å². The van der Waals surface area contributed by atoms with Gasteiger partial charge in [-0.15, -0.1) is 0 Å². The van der Waals surface area contributed by atoms with Gasteiger partial charge in [0.2, 0.25) is 0 Å². The molecule has 7 aromatic carbocycles. The monoisotopic (exact) mass is 858 g/mol. The average Bonchev–Trinajstić information content (AvgIpc) is 3.24. The predicted octanol–water partition coefficient (Wildman–Crippen LogP) is 16.8. The van der Waals surface area contributed by atoms with E-state index >= 15 is 0 Å². The largest absolute Gasteiger partial charge is 0.416 e. The van der Waals surface area contributed by atoms with E-state index in [1.165, 1.54) is 12.2 Å². The molecule has 0 spiro atoms. The van der Waals surface area contributed by atoms with E-state index in [-0.39, 0.29) is 12.1 Å². The maximum absolute atomic E-state index is 14.0. The number of benzene rings is 7. The molecular formula is C50H30F12. The van der Waals surface area contributed by atoms with Crippen molar-refractivity contribution in [3.05, 3.63) is 202 Å². The molecule has 0 unspecified atom stereocenters. The fourth-order valence-corrected chi connectivity index (χ4v) is 7.25. The molecule has 0 atom stereocenters. The van der Waals surface area contributed by atoms with Gasteiger partial charge in [-0.25, -0.2) is 0 Å². The van der Waals surface area contributed by atoms with Crippen LogP contribution in [0.15, 0.2) is 158 Å². The van der Waals surface area contributed by atoms with Crippen molar-refractivity contribution < 1.29 is 52.7 Å². The molecule has 0 aliphatic carbocycles. The molecule has 12 heteroatoms. The van der Waals surface area contributed by atoms with Crippen LogP contribution in [0.5, 0.6) is 0 Å². The molecule has 0 aromatic heterocycles. The van der Waals surface area contributed by atoms with Crippen molar-refractivity contribution in [2.75, 3.05) is 0 Å². The summed E-state index contributed by atoms with van der Waals surface area (Å²) in [5, 5.41) is 0. The van der Waals surface area contributed by atoms with Crippen molar-refractivity contribution in [3.63, 3.8) is 0 Å². The summed E-state index contributed by atoms with van der Waals surface area (Å²) < 4.78 is 169. The summed E-state index contributed by atoms with van der Waals surface area (Å²) in [6, 6.07) is 37.0. The first-order valence-corrected chi connectivity index (χ1v) is 18.7. The van der Waals surface area contributed by atoms with Gasteiger partial charge in [-0.3, -0.25) is 0 Å². The smallest absolute Gasteiger partial charge is 0.166 e. The number of halogens is 12. The van der Waals surface area contributed by atoms with Crippen LogP contribution in [-0.4, -0.2) is 0 Å². The Kier molecular flexibility index (Phi) is 11.8. The molecule has 7 aromatic rings. The lowest BCUT2D eigenvalue weighted by Gasteiger charge is -2.26. The van der Waals surface area contributed by atoms with E-state index < -0.39 is 58.1 Å². The lowest BCUT2D eigenvalue weighted by Crippen LogP contribution is -2.11. The van der Waals surface area contributed by atoms with Gasteiger partial charge < -0.3 is 0 Å². The van der Waals surface area contributed by atoms with Crippen molar-refractivity contribution >= 4 is 24.3 Å². The van der Waals surface area contributed by atoms with Crippen molar-refractivity contribution in [1.82, 2.24) is 0 Å². The van der Waals surface area contributed by atoms with E-state index in [0.29, 0.717) is 79.9 Å². The number of hydrogen-bond donors (Lipinski definition) is 0. The Morgan fingerprint density at radius 1 is 0.258 bits per heavy atom. The molecule has 7 rings (SSSR count). The second-order valence-electron chi connectivity index (χ2n) is 14.1. The Morgan fingerprint density at radius 3 is 0.661 bits per heavy atom. The number of rotatable bonds is 8. The second kappa shape index (κ2) is 16.9. The van der Waals surface area contributed by atoms with Gasteiger partial charge >= 0.3 is 24.7 Å². The Balaban J connectivity index is 1.67. The molecule has 0 nitrogen and oxygen atoms in total. The molecule has 62 heavy (non-hydrogen) atoms. The van der Waals surface area contributed by atoms with Gasteiger partial charge in [-0.05, 0) is 103 Å². The third kappa shape index (κ3) is 9.54. The Bertz CT molecular complexity index is 2380. The fourth-order valence-electron chi connectivity index (χ4n) is 7.25. The van der Waals surface area contributed by atoms with E-state index in [0.717, 1.165) is 12.2 Å². The lowest BCUT2D eigenvalue weighted by molar-refractivity contribution is -0.144. The average molecular weight is 859 g/mol. The summed E-state index contributed by atoms with van der Waals surface area (Å²) in [5.41, 5.74) is -2.48.